The van der Waals surface area contributed by atoms with E-state index in [2.05, 4.69) is 34.6 Å². The van der Waals surface area contributed by atoms with Crippen LogP contribution in [0.4, 0.5) is 0 Å². The van der Waals surface area contributed by atoms with E-state index in [1.54, 1.807) is 0 Å². The lowest BCUT2D eigenvalue weighted by Gasteiger charge is -2.18. The second-order valence-electron chi connectivity index (χ2n) is 23.0. The van der Waals surface area contributed by atoms with Gasteiger partial charge in [0.05, 0.1) is 0 Å². The second-order valence-corrected chi connectivity index (χ2v) is 23.0. The van der Waals surface area contributed by atoms with Gasteiger partial charge in [-0.15, -0.1) is 0 Å². The SMILES string of the molecule is CCCCCCCCCCCCCCCCCCCCCC(=O)OC[C@H](COC(=O)CCCCCCCCCCCC(C)C)OC(=O)CCCCCCCCCCCCCCCCCCCCC(C)C. The van der Waals surface area contributed by atoms with Crippen LogP contribution in [0.25, 0.3) is 0 Å². The lowest BCUT2D eigenvalue weighted by atomic mass is 10.0. The Labute approximate surface area is 438 Å². The van der Waals surface area contributed by atoms with E-state index in [1.165, 1.54) is 250 Å². The number of carbonyl (C=O) groups is 3. The maximum atomic E-state index is 12.9. The summed E-state index contributed by atoms with van der Waals surface area (Å²) < 4.78 is 16.9. The minimum absolute atomic E-state index is 0.0623. The van der Waals surface area contributed by atoms with Gasteiger partial charge in [-0.25, -0.2) is 0 Å². The first kappa shape index (κ1) is 68.4. The molecule has 6 heteroatoms. The van der Waals surface area contributed by atoms with Crippen LogP contribution < -0.4 is 0 Å². The highest BCUT2D eigenvalue weighted by Crippen LogP contribution is 2.19. The van der Waals surface area contributed by atoms with Crippen molar-refractivity contribution in [3.63, 3.8) is 0 Å². The van der Waals surface area contributed by atoms with Crippen molar-refractivity contribution in [2.45, 2.75) is 368 Å². The zero-order valence-corrected chi connectivity index (χ0v) is 48.2. The first-order chi connectivity index (χ1) is 34.2. The summed E-state index contributed by atoms with van der Waals surface area (Å²) >= 11 is 0. The van der Waals surface area contributed by atoms with E-state index in [-0.39, 0.29) is 31.1 Å². The van der Waals surface area contributed by atoms with Crippen LogP contribution in [0.5, 0.6) is 0 Å². The fourth-order valence-corrected chi connectivity index (χ4v) is 9.93. The Morgan fingerprint density at radius 1 is 0.271 bits per heavy atom. The molecule has 0 fully saturated rings. The van der Waals surface area contributed by atoms with Crippen LogP contribution in [-0.4, -0.2) is 37.2 Å². The van der Waals surface area contributed by atoms with Gasteiger partial charge in [0, 0.05) is 19.3 Å². The molecule has 0 bridgehead atoms. The van der Waals surface area contributed by atoms with E-state index in [0.717, 1.165) is 69.6 Å². The van der Waals surface area contributed by atoms with Crippen molar-refractivity contribution in [3.05, 3.63) is 0 Å². The van der Waals surface area contributed by atoms with Gasteiger partial charge in [-0.05, 0) is 31.1 Å². The molecule has 0 unspecified atom stereocenters. The molecular weight excluding hydrogens is 865 g/mol. The highest BCUT2D eigenvalue weighted by atomic mass is 16.6. The smallest absolute Gasteiger partial charge is 0.306 e. The van der Waals surface area contributed by atoms with Gasteiger partial charge >= 0.3 is 17.9 Å². The Morgan fingerprint density at radius 2 is 0.471 bits per heavy atom. The van der Waals surface area contributed by atoms with Gasteiger partial charge in [-0.3, -0.25) is 14.4 Å². The van der Waals surface area contributed by atoms with Crippen LogP contribution in [0.2, 0.25) is 0 Å². The highest BCUT2D eigenvalue weighted by molar-refractivity contribution is 5.71. The molecule has 0 saturated heterocycles. The Hall–Kier alpha value is -1.59. The summed E-state index contributed by atoms with van der Waals surface area (Å²) in [5.74, 6) is 0.832. The zero-order valence-electron chi connectivity index (χ0n) is 48.2. The van der Waals surface area contributed by atoms with Crippen LogP contribution in [0, 0.1) is 11.8 Å². The van der Waals surface area contributed by atoms with Gasteiger partial charge in [0.15, 0.2) is 6.10 Å². The molecule has 0 saturated carbocycles. The zero-order chi connectivity index (χ0) is 51.1. The second kappa shape index (κ2) is 56.7. The summed E-state index contributed by atoms with van der Waals surface area (Å²) in [5, 5.41) is 0. The molecular formula is C64H124O6. The molecule has 0 aromatic heterocycles. The van der Waals surface area contributed by atoms with Crippen molar-refractivity contribution >= 4 is 17.9 Å². The van der Waals surface area contributed by atoms with Crippen LogP contribution >= 0.6 is 0 Å². The van der Waals surface area contributed by atoms with Gasteiger partial charge in [-0.1, -0.05) is 324 Å². The Kier molecular flexibility index (Phi) is 55.4. The average molecular weight is 990 g/mol. The van der Waals surface area contributed by atoms with Gasteiger partial charge in [-0.2, -0.15) is 0 Å². The molecule has 0 aromatic carbocycles. The average Bonchev–Trinajstić information content (AvgIpc) is 3.33. The summed E-state index contributed by atoms with van der Waals surface area (Å²) in [4.78, 5) is 38.2. The highest BCUT2D eigenvalue weighted by Gasteiger charge is 2.19. The first-order valence-electron chi connectivity index (χ1n) is 31.7. The lowest BCUT2D eigenvalue weighted by molar-refractivity contribution is -0.167. The first-order valence-corrected chi connectivity index (χ1v) is 31.7. The van der Waals surface area contributed by atoms with Crippen molar-refractivity contribution in [2.75, 3.05) is 13.2 Å². The molecule has 0 N–H and O–H groups in total. The Morgan fingerprint density at radius 3 is 0.700 bits per heavy atom. The third-order valence-corrected chi connectivity index (χ3v) is 14.7. The van der Waals surface area contributed by atoms with Gasteiger partial charge in [0.2, 0.25) is 0 Å². The van der Waals surface area contributed by atoms with Crippen LogP contribution in [0.3, 0.4) is 0 Å². The summed E-state index contributed by atoms with van der Waals surface area (Å²) in [6.45, 7) is 11.4. The van der Waals surface area contributed by atoms with Crippen molar-refractivity contribution in [1.29, 1.82) is 0 Å². The number of ether oxygens (including phenoxy) is 3. The molecule has 0 aromatic rings. The van der Waals surface area contributed by atoms with Crippen LogP contribution in [-0.2, 0) is 28.6 Å². The summed E-state index contributed by atoms with van der Waals surface area (Å²) in [6.07, 6.45) is 62.6. The number of unbranched alkanes of at least 4 members (excludes halogenated alkanes) is 43. The quantitative estimate of drug-likeness (QED) is 0.0343. The molecule has 0 spiro atoms. The molecule has 0 aliphatic heterocycles. The number of esters is 3. The molecule has 0 radical (unpaired) electrons. The lowest BCUT2D eigenvalue weighted by Crippen LogP contribution is -2.30. The van der Waals surface area contributed by atoms with E-state index in [1.807, 2.05) is 0 Å². The molecule has 6 nitrogen and oxygen atoms in total. The molecule has 0 rings (SSSR count). The standard InChI is InChI=1S/C64H124O6/c1-6-7-8-9-10-11-12-13-14-15-16-20-23-26-29-34-39-44-49-54-62(65)68-57-61(58-69-63(66)55-50-45-40-36-31-33-38-43-48-53-60(4)5)70-64(67)56-51-46-41-35-30-27-24-21-18-17-19-22-25-28-32-37-42-47-52-59(2)3/h59-61H,6-58H2,1-5H3/t61-/m1/s1. The summed E-state index contributed by atoms with van der Waals surface area (Å²) in [7, 11) is 0. The maximum absolute atomic E-state index is 12.9. The van der Waals surface area contributed by atoms with Gasteiger partial charge in [0.25, 0.3) is 0 Å². The molecule has 0 heterocycles. The third kappa shape index (κ3) is 57.3. The van der Waals surface area contributed by atoms with Crippen molar-refractivity contribution in [2.24, 2.45) is 11.8 Å². The van der Waals surface area contributed by atoms with Gasteiger partial charge < -0.3 is 14.2 Å². The molecule has 0 aliphatic carbocycles. The van der Waals surface area contributed by atoms with Gasteiger partial charge in [0.1, 0.15) is 13.2 Å². The van der Waals surface area contributed by atoms with Crippen LogP contribution in [0.1, 0.15) is 362 Å². The predicted molar refractivity (Wildman–Crippen MR) is 303 cm³/mol. The Bertz CT molecular complexity index is 1070. The minimum atomic E-state index is -0.764. The Balaban J connectivity index is 4.24. The number of hydrogen-bond acceptors (Lipinski definition) is 6. The molecule has 0 amide bonds. The summed E-state index contributed by atoms with van der Waals surface area (Å²) in [5.41, 5.74) is 0. The molecule has 0 aliphatic rings. The number of rotatable bonds is 58. The summed E-state index contributed by atoms with van der Waals surface area (Å²) in [6, 6.07) is 0. The van der Waals surface area contributed by atoms with E-state index >= 15 is 0 Å². The number of hydrogen-bond donors (Lipinski definition) is 0. The fourth-order valence-electron chi connectivity index (χ4n) is 9.93. The molecule has 416 valence electrons. The van der Waals surface area contributed by atoms with E-state index < -0.39 is 6.10 Å². The van der Waals surface area contributed by atoms with E-state index in [0.29, 0.717) is 19.3 Å². The third-order valence-electron chi connectivity index (χ3n) is 14.7. The monoisotopic (exact) mass is 989 g/mol. The van der Waals surface area contributed by atoms with Crippen LogP contribution in [0.15, 0.2) is 0 Å². The maximum Gasteiger partial charge on any atom is 0.306 e. The predicted octanol–water partition coefficient (Wildman–Crippen LogP) is 21.2. The van der Waals surface area contributed by atoms with Crippen molar-refractivity contribution < 1.29 is 28.6 Å². The van der Waals surface area contributed by atoms with E-state index in [9.17, 15) is 14.4 Å². The topological polar surface area (TPSA) is 78.9 Å². The van der Waals surface area contributed by atoms with E-state index in [4.69, 9.17) is 14.2 Å². The normalized spacial score (nSPS) is 12.0. The van der Waals surface area contributed by atoms with Crippen molar-refractivity contribution in [3.8, 4) is 0 Å². The molecule has 1 atom stereocenters. The number of carbonyl (C=O) groups excluding carboxylic acids is 3. The van der Waals surface area contributed by atoms with Crippen molar-refractivity contribution in [1.82, 2.24) is 0 Å². The molecule has 70 heavy (non-hydrogen) atoms. The minimum Gasteiger partial charge on any atom is -0.462 e. The fraction of sp³-hybridized carbons (Fsp3) is 0.953. The largest absolute Gasteiger partial charge is 0.462 e.